The molecule has 0 saturated carbocycles. The molecular weight excluding hydrogens is 536 g/mol. The van der Waals surface area contributed by atoms with Crippen LogP contribution in [0, 0.1) is 0 Å². The Bertz CT molecular complexity index is 1390. The second-order valence-electron chi connectivity index (χ2n) is 7.61. The lowest BCUT2D eigenvalue weighted by atomic mass is 10.0. The number of benzene rings is 2. The van der Waals surface area contributed by atoms with E-state index in [0.29, 0.717) is 43.6 Å². The Kier molecular flexibility index (Phi) is 8.70. The number of carbonyl (C=O) groups excluding carboxylic acids is 2. The summed E-state index contributed by atoms with van der Waals surface area (Å²) in [7, 11) is 4.69. The molecule has 0 spiro atoms. The first-order chi connectivity index (χ1) is 17.9. The third-order valence-corrected chi connectivity index (χ3v) is 7.44. The number of amides is 1. The Balaban J connectivity index is 1.40. The lowest BCUT2D eigenvalue weighted by molar-refractivity contribution is -0.113. The van der Waals surface area contributed by atoms with Gasteiger partial charge in [0.25, 0.3) is 0 Å². The van der Waals surface area contributed by atoms with Crippen molar-refractivity contribution in [3.63, 3.8) is 0 Å². The molecule has 0 aliphatic carbocycles. The number of halogens is 1. The maximum atomic E-state index is 12.7. The smallest absolute Gasteiger partial charge is 0.341 e. The summed E-state index contributed by atoms with van der Waals surface area (Å²) in [6.45, 7) is 0.212. The molecule has 0 fully saturated rings. The van der Waals surface area contributed by atoms with Crippen molar-refractivity contribution >= 4 is 51.6 Å². The predicted molar refractivity (Wildman–Crippen MR) is 144 cm³/mol. The van der Waals surface area contributed by atoms with Gasteiger partial charge in [0, 0.05) is 23.0 Å². The molecule has 0 aliphatic rings. The molecule has 192 valence electrons. The minimum absolute atomic E-state index is 0.0698. The van der Waals surface area contributed by atoms with E-state index in [0.717, 1.165) is 5.56 Å². The first kappa shape index (κ1) is 26.5. The number of nitrogens with zero attached hydrogens (tertiary/aromatic N) is 3. The van der Waals surface area contributed by atoms with Gasteiger partial charge in [-0.05, 0) is 42.0 Å². The third kappa shape index (κ3) is 6.43. The number of aromatic nitrogens is 3. The summed E-state index contributed by atoms with van der Waals surface area (Å²) in [5, 5.41) is 14.5. The molecule has 1 N–H and O–H groups in total. The van der Waals surface area contributed by atoms with Crippen molar-refractivity contribution < 1.29 is 23.8 Å². The lowest BCUT2D eigenvalue weighted by Crippen LogP contribution is -2.16. The molecule has 9 nitrogen and oxygen atoms in total. The Hall–Kier alpha value is -3.54. The van der Waals surface area contributed by atoms with Gasteiger partial charge < -0.3 is 24.1 Å². The van der Waals surface area contributed by atoms with Crippen LogP contribution in [0.25, 0.3) is 11.1 Å². The number of rotatable bonds is 10. The maximum Gasteiger partial charge on any atom is 0.341 e. The fourth-order valence-corrected chi connectivity index (χ4v) is 5.14. The number of thiophene rings is 1. The molecule has 0 radical (unpaired) electrons. The van der Waals surface area contributed by atoms with Gasteiger partial charge in [-0.3, -0.25) is 4.79 Å². The minimum atomic E-state index is -0.534. The number of anilines is 1. The maximum absolute atomic E-state index is 12.7. The van der Waals surface area contributed by atoms with Crippen LogP contribution >= 0.6 is 34.7 Å². The van der Waals surface area contributed by atoms with Gasteiger partial charge in [-0.1, -0.05) is 35.5 Å². The van der Waals surface area contributed by atoms with E-state index in [-0.39, 0.29) is 18.3 Å². The van der Waals surface area contributed by atoms with Gasteiger partial charge in [0.1, 0.15) is 28.7 Å². The molecule has 12 heteroatoms. The molecule has 0 aliphatic heterocycles. The van der Waals surface area contributed by atoms with E-state index >= 15 is 0 Å². The van der Waals surface area contributed by atoms with Gasteiger partial charge in [0.15, 0.2) is 11.0 Å². The van der Waals surface area contributed by atoms with Crippen LogP contribution in [0.2, 0.25) is 5.02 Å². The fourth-order valence-electron chi connectivity index (χ4n) is 3.31. The lowest BCUT2D eigenvalue weighted by Gasteiger charge is -2.09. The number of ether oxygens (including phenoxy) is 3. The number of esters is 1. The largest absolute Gasteiger partial charge is 0.497 e. The van der Waals surface area contributed by atoms with Crippen molar-refractivity contribution in [3.8, 4) is 22.6 Å². The highest BCUT2D eigenvalue weighted by Crippen LogP contribution is 2.37. The van der Waals surface area contributed by atoms with Crippen molar-refractivity contribution in [2.24, 2.45) is 7.05 Å². The van der Waals surface area contributed by atoms with Crippen molar-refractivity contribution in [1.29, 1.82) is 0 Å². The molecule has 37 heavy (non-hydrogen) atoms. The van der Waals surface area contributed by atoms with E-state index in [9.17, 15) is 9.59 Å². The van der Waals surface area contributed by atoms with E-state index in [1.807, 2.05) is 17.5 Å². The summed E-state index contributed by atoms with van der Waals surface area (Å²) in [5.74, 6) is 1.21. The molecule has 2 aromatic heterocycles. The van der Waals surface area contributed by atoms with Crippen molar-refractivity contribution in [3.05, 3.63) is 70.3 Å². The molecule has 4 aromatic rings. The van der Waals surface area contributed by atoms with E-state index in [1.165, 1.54) is 30.2 Å². The number of methoxy groups -OCH3 is 2. The average Bonchev–Trinajstić information content (AvgIpc) is 3.49. The summed E-state index contributed by atoms with van der Waals surface area (Å²) in [6, 6.07) is 14.3. The Labute approximate surface area is 226 Å². The van der Waals surface area contributed by atoms with E-state index in [1.54, 1.807) is 55.1 Å². The van der Waals surface area contributed by atoms with Gasteiger partial charge in [0.05, 0.1) is 20.0 Å². The van der Waals surface area contributed by atoms with Gasteiger partial charge in [-0.15, -0.1) is 21.5 Å². The van der Waals surface area contributed by atoms with Gasteiger partial charge >= 0.3 is 5.97 Å². The fraction of sp³-hybridized carbons (Fsp3) is 0.200. The predicted octanol–water partition coefficient (Wildman–Crippen LogP) is 5.30. The highest BCUT2D eigenvalue weighted by atomic mass is 35.5. The highest BCUT2D eigenvalue weighted by molar-refractivity contribution is 7.99. The normalized spacial score (nSPS) is 10.7. The number of hydrogen-bond donors (Lipinski definition) is 1. The minimum Gasteiger partial charge on any atom is -0.497 e. The van der Waals surface area contributed by atoms with Crippen LogP contribution in [0.4, 0.5) is 5.00 Å². The first-order valence-corrected chi connectivity index (χ1v) is 13.2. The van der Waals surface area contributed by atoms with Crippen molar-refractivity contribution in [2.45, 2.75) is 11.8 Å². The van der Waals surface area contributed by atoms with E-state index in [2.05, 4.69) is 15.5 Å². The number of carbonyl (C=O) groups is 2. The van der Waals surface area contributed by atoms with Crippen LogP contribution < -0.4 is 14.8 Å². The summed E-state index contributed by atoms with van der Waals surface area (Å²) in [5.41, 5.74) is 1.78. The summed E-state index contributed by atoms with van der Waals surface area (Å²) >= 11 is 8.38. The molecule has 0 saturated heterocycles. The van der Waals surface area contributed by atoms with Gasteiger partial charge in [0.2, 0.25) is 5.91 Å². The second-order valence-corrected chi connectivity index (χ2v) is 9.87. The molecule has 1 amide bonds. The Morgan fingerprint density at radius 3 is 2.43 bits per heavy atom. The van der Waals surface area contributed by atoms with Gasteiger partial charge in [-0.25, -0.2) is 4.79 Å². The van der Waals surface area contributed by atoms with Crippen LogP contribution in [-0.4, -0.2) is 46.6 Å². The van der Waals surface area contributed by atoms with Crippen LogP contribution in [0.1, 0.15) is 16.2 Å². The van der Waals surface area contributed by atoms with Crippen LogP contribution in [-0.2, 0) is 23.2 Å². The van der Waals surface area contributed by atoms with Crippen LogP contribution in [0.15, 0.2) is 59.1 Å². The standard InChI is InChI=1S/C25H23ClN4O5S2/c1-30-20(12-35-18-10-6-16(26)7-11-18)28-29-25(30)37-14-21(31)27-23-22(24(32)34-3)19(13-36-23)15-4-8-17(33-2)9-5-15/h4-11,13H,12,14H2,1-3H3,(H,27,31). The first-order valence-electron chi connectivity index (χ1n) is 10.9. The molecule has 0 atom stereocenters. The topological polar surface area (TPSA) is 105 Å². The van der Waals surface area contributed by atoms with E-state index in [4.69, 9.17) is 25.8 Å². The van der Waals surface area contributed by atoms with Crippen LogP contribution in [0.3, 0.4) is 0 Å². The zero-order chi connectivity index (χ0) is 26.4. The summed E-state index contributed by atoms with van der Waals surface area (Å²) in [4.78, 5) is 25.3. The number of nitrogens with one attached hydrogen (secondary N) is 1. The third-order valence-electron chi connectivity index (χ3n) is 5.27. The zero-order valence-electron chi connectivity index (χ0n) is 20.2. The molecular formula is C25H23ClN4O5S2. The second kappa shape index (κ2) is 12.1. The SMILES string of the molecule is COC(=O)c1c(-c2ccc(OC)cc2)csc1NC(=O)CSc1nnc(COc2ccc(Cl)cc2)n1C. The van der Waals surface area contributed by atoms with E-state index < -0.39 is 5.97 Å². The molecule has 4 rings (SSSR count). The van der Waals surface area contributed by atoms with Crippen molar-refractivity contribution in [2.75, 3.05) is 25.3 Å². The summed E-state index contributed by atoms with van der Waals surface area (Å²) in [6.07, 6.45) is 0. The number of hydrogen-bond acceptors (Lipinski definition) is 9. The molecule has 0 bridgehead atoms. The molecule has 2 aromatic carbocycles. The quantitative estimate of drug-likeness (QED) is 0.206. The monoisotopic (exact) mass is 558 g/mol. The molecule has 0 unspecified atom stereocenters. The van der Waals surface area contributed by atoms with Crippen LogP contribution in [0.5, 0.6) is 11.5 Å². The summed E-state index contributed by atoms with van der Waals surface area (Å²) < 4.78 is 17.7. The number of thioether (sulfide) groups is 1. The van der Waals surface area contributed by atoms with Crippen molar-refractivity contribution in [1.82, 2.24) is 14.8 Å². The average molecular weight is 559 g/mol. The molecule has 2 heterocycles. The Morgan fingerprint density at radius 2 is 1.76 bits per heavy atom. The Morgan fingerprint density at radius 1 is 1.05 bits per heavy atom. The van der Waals surface area contributed by atoms with Gasteiger partial charge in [-0.2, -0.15) is 0 Å². The zero-order valence-corrected chi connectivity index (χ0v) is 22.6. The highest BCUT2D eigenvalue weighted by Gasteiger charge is 2.23.